The van der Waals surface area contributed by atoms with Crippen LogP contribution in [0.15, 0.2) is 0 Å². The average molecular weight is 306 g/mol. The van der Waals surface area contributed by atoms with E-state index in [1.165, 1.54) is 11.4 Å². The van der Waals surface area contributed by atoms with Gasteiger partial charge in [-0.05, 0) is 18.3 Å². The lowest BCUT2D eigenvalue weighted by atomic mass is 9.88. The number of hydrogen-bond donors (Lipinski definition) is 2. The highest BCUT2D eigenvalue weighted by Crippen LogP contribution is 2.25. The van der Waals surface area contributed by atoms with Crippen molar-refractivity contribution in [2.45, 2.75) is 65.0 Å². The van der Waals surface area contributed by atoms with Crippen LogP contribution in [-0.4, -0.2) is 42.9 Å². The van der Waals surface area contributed by atoms with E-state index in [0.717, 1.165) is 32.1 Å². The van der Waals surface area contributed by atoms with Gasteiger partial charge in [0.15, 0.2) is 0 Å². The predicted molar refractivity (Wildman–Crippen MR) is 77.6 cm³/mol. The van der Waals surface area contributed by atoms with E-state index in [1.807, 2.05) is 0 Å². The van der Waals surface area contributed by atoms with Crippen LogP contribution < -0.4 is 4.72 Å². The third kappa shape index (κ3) is 4.43. The van der Waals surface area contributed by atoms with E-state index in [2.05, 4.69) is 4.72 Å². The summed E-state index contributed by atoms with van der Waals surface area (Å²) in [5.74, 6) is -1.15. The van der Waals surface area contributed by atoms with E-state index in [4.69, 9.17) is 0 Å². The molecule has 0 unspecified atom stereocenters. The smallest absolute Gasteiger partial charge is 0.322 e. The monoisotopic (exact) mass is 306 g/mol. The maximum Gasteiger partial charge on any atom is 0.322 e. The van der Waals surface area contributed by atoms with Gasteiger partial charge >= 0.3 is 5.97 Å². The summed E-state index contributed by atoms with van der Waals surface area (Å²) in [5.41, 5.74) is -0.688. The van der Waals surface area contributed by atoms with Crippen LogP contribution >= 0.6 is 0 Å². The molecule has 6 nitrogen and oxygen atoms in total. The Labute approximate surface area is 121 Å². The summed E-state index contributed by atoms with van der Waals surface area (Å²) in [6, 6.07) is -1.17. The van der Waals surface area contributed by atoms with Crippen molar-refractivity contribution in [3.8, 4) is 0 Å². The van der Waals surface area contributed by atoms with Gasteiger partial charge in [0.2, 0.25) is 0 Å². The van der Waals surface area contributed by atoms with Gasteiger partial charge in [-0.3, -0.25) is 4.79 Å². The molecule has 0 aliphatic heterocycles. The molecule has 20 heavy (non-hydrogen) atoms. The standard InChI is InChI=1S/C13H26N2O4S/c1-13(2,3)11(12(16)17)14-20(18,19)15(4)10-8-6-5-7-9-10/h10-11,14H,5-9H2,1-4H3,(H,16,17)/t11-/m1/s1. The van der Waals surface area contributed by atoms with Gasteiger partial charge in [-0.15, -0.1) is 0 Å². The first-order valence-corrected chi connectivity index (χ1v) is 8.48. The molecule has 1 fully saturated rings. The number of aliphatic carboxylic acids is 1. The van der Waals surface area contributed by atoms with Crippen LogP contribution in [0.25, 0.3) is 0 Å². The molecule has 118 valence electrons. The molecule has 0 amide bonds. The van der Waals surface area contributed by atoms with Gasteiger partial charge in [-0.1, -0.05) is 40.0 Å². The van der Waals surface area contributed by atoms with Crippen molar-refractivity contribution in [3.63, 3.8) is 0 Å². The van der Waals surface area contributed by atoms with E-state index >= 15 is 0 Å². The van der Waals surface area contributed by atoms with E-state index < -0.39 is 27.6 Å². The molecule has 0 aromatic carbocycles. The maximum absolute atomic E-state index is 12.3. The highest BCUT2D eigenvalue weighted by atomic mass is 32.2. The molecule has 1 aliphatic carbocycles. The number of carbonyl (C=O) groups is 1. The summed E-state index contributed by atoms with van der Waals surface area (Å²) in [6.45, 7) is 5.11. The highest BCUT2D eigenvalue weighted by molar-refractivity contribution is 7.87. The summed E-state index contributed by atoms with van der Waals surface area (Å²) in [5, 5.41) is 9.22. The van der Waals surface area contributed by atoms with Gasteiger partial charge in [0.05, 0.1) is 0 Å². The Morgan fingerprint density at radius 3 is 2.15 bits per heavy atom. The maximum atomic E-state index is 12.3. The summed E-state index contributed by atoms with van der Waals surface area (Å²) in [7, 11) is -2.26. The van der Waals surface area contributed by atoms with Crippen molar-refractivity contribution in [3.05, 3.63) is 0 Å². The largest absolute Gasteiger partial charge is 0.480 e. The Bertz CT molecular complexity index is 436. The highest BCUT2D eigenvalue weighted by Gasteiger charge is 2.37. The molecule has 0 aromatic heterocycles. The molecule has 0 spiro atoms. The van der Waals surface area contributed by atoms with Crippen LogP contribution in [0.4, 0.5) is 0 Å². The van der Waals surface area contributed by atoms with Gasteiger partial charge in [-0.2, -0.15) is 17.4 Å². The minimum absolute atomic E-state index is 0.0318. The van der Waals surface area contributed by atoms with Crippen molar-refractivity contribution >= 4 is 16.2 Å². The lowest BCUT2D eigenvalue weighted by molar-refractivity contribution is -0.141. The van der Waals surface area contributed by atoms with Crippen molar-refractivity contribution < 1.29 is 18.3 Å². The van der Waals surface area contributed by atoms with Gasteiger partial charge in [0, 0.05) is 13.1 Å². The van der Waals surface area contributed by atoms with Crippen LogP contribution in [0.3, 0.4) is 0 Å². The zero-order valence-corrected chi connectivity index (χ0v) is 13.5. The van der Waals surface area contributed by atoms with Crippen LogP contribution in [-0.2, 0) is 15.0 Å². The van der Waals surface area contributed by atoms with E-state index in [9.17, 15) is 18.3 Å². The summed E-state index contributed by atoms with van der Waals surface area (Å²) >= 11 is 0. The third-order valence-corrected chi connectivity index (χ3v) is 5.44. The molecule has 0 saturated heterocycles. The fourth-order valence-corrected chi connectivity index (χ4v) is 3.99. The molecule has 7 heteroatoms. The molecule has 1 saturated carbocycles. The van der Waals surface area contributed by atoms with Gasteiger partial charge in [-0.25, -0.2) is 0 Å². The minimum Gasteiger partial charge on any atom is -0.480 e. The molecular weight excluding hydrogens is 280 g/mol. The molecule has 1 atom stereocenters. The minimum atomic E-state index is -3.78. The lowest BCUT2D eigenvalue weighted by Gasteiger charge is -2.34. The first-order valence-electron chi connectivity index (χ1n) is 7.04. The molecule has 1 aliphatic rings. The Balaban J connectivity index is 2.84. The summed E-state index contributed by atoms with van der Waals surface area (Å²) in [6.07, 6.45) is 4.85. The Morgan fingerprint density at radius 1 is 1.25 bits per heavy atom. The molecule has 0 bridgehead atoms. The number of rotatable bonds is 5. The summed E-state index contributed by atoms with van der Waals surface area (Å²) in [4.78, 5) is 11.3. The number of carboxylic acids is 1. The molecule has 0 radical (unpaired) electrons. The quantitative estimate of drug-likeness (QED) is 0.807. The van der Waals surface area contributed by atoms with Crippen molar-refractivity contribution in [2.75, 3.05) is 7.05 Å². The second kappa shape index (κ2) is 6.41. The van der Waals surface area contributed by atoms with Crippen LogP contribution in [0.5, 0.6) is 0 Å². The van der Waals surface area contributed by atoms with Crippen LogP contribution in [0.1, 0.15) is 52.9 Å². The number of nitrogens with one attached hydrogen (secondary N) is 1. The normalized spacial score (nSPS) is 20.1. The van der Waals surface area contributed by atoms with Crippen molar-refractivity contribution in [1.29, 1.82) is 0 Å². The SMILES string of the molecule is CN(C1CCCCC1)S(=O)(=O)N[C@H](C(=O)O)C(C)(C)C. The predicted octanol–water partition coefficient (Wildman–Crippen LogP) is 1.58. The van der Waals surface area contributed by atoms with Gasteiger partial charge < -0.3 is 5.11 Å². The molecule has 1 rings (SSSR count). The zero-order chi connectivity index (χ0) is 15.6. The van der Waals surface area contributed by atoms with E-state index in [-0.39, 0.29) is 6.04 Å². The first-order chi connectivity index (χ1) is 9.05. The summed E-state index contributed by atoms with van der Waals surface area (Å²) < 4.78 is 28.3. The van der Waals surface area contributed by atoms with Crippen LogP contribution in [0, 0.1) is 5.41 Å². The van der Waals surface area contributed by atoms with Gasteiger partial charge in [0.25, 0.3) is 10.2 Å². The molecular formula is C13H26N2O4S. The Hall–Kier alpha value is -0.660. The average Bonchev–Trinajstić information content (AvgIpc) is 2.34. The second-order valence-corrected chi connectivity index (χ2v) is 8.33. The molecule has 2 N–H and O–H groups in total. The Kier molecular flexibility index (Phi) is 5.57. The second-order valence-electron chi connectivity index (χ2n) is 6.57. The van der Waals surface area contributed by atoms with Crippen molar-refractivity contribution in [2.24, 2.45) is 5.41 Å². The third-order valence-electron chi connectivity index (χ3n) is 3.85. The van der Waals surface area contributed by atoms with E-state index in [1.54, 1.807) is 20.8 Å². The van der Waals surface area contributed by atoms with Crippen LogP contribution in [0.2, 0.25) is 0 Å². The molecule has 0 aromatic rings. The van der Waals surface area contributed by atoms with Gasteiger partial charge in [0.1, 0.15) is 6.04 Å². The fraction of sp³-hybridized carbons (Fsp3) is 0.923. The number of nitrogens with zero attached hydrogens (tertiary/aromatic N) is 1. The molecule has 0 heterocycles. The lowest BCUT2D eigenvalue weighted by Crippen LogP contribution is -2.54. The number of hydrogen-bond acceptors (Lipinski definition) is 3. The number of carboxylic acid groups (broad SMARTS) is 1. The topological polar surface area (TPSA) is 86.7 Å². The zero-order valence-electron chi connectivity index (χ0n) is 12.7. The Morgan fingerprint density at radius 2 is 1.75 bits per heavy atom. The van der Waals surface area contributed by atoms with Crippen molar-refractivity contribution in [1.82, 2.24) is 9.03 Å². The van der Waals surface area contributed by atoms with E-state index in [0.29, 0.717) is 0 Å². The first kappa shape index (κ1) is 17.4. The fourth-order valence-electron chi connectivity index (χ4n) is 2.47.